The van der Waals surface area contributed by atoms with Crippen LogP contribution in [-0.4, -0.2) is 23.6 Å². The van der Waals surface area contributed by atoms with Crippen molar-refractivity contribution in [3.05, 3.63) is 94.5 Å². The predicted molar refractivity (Wildman–Crippen MR) is 131 cm³/mol. The third-order valence-corrected chi connectivity index (χ3v) is 7.68. The van der Waals surface area contributed by atoms with Gasteiger partial charge in [-0.25, -0.2) is 5.01 Å². The standard InChI is InChI=1S/C28H27ClN2O2/c1-32-26-9-5-8-23-25-18-24(21-10-12-22(29)13-11-21)30-31(25)28(33-27(23)26)16-14-20(15-17-28)19-6-3-2-4-7-19/h2-13,20,25H,14-18H2,1H3. The summed E-state index contributed by atoms with van der Waals surface area (Å²) in [5.41, 5.74) is 4.32. The summed E-state index contributed by atoms with van der Waals surface area (Å²) in [6, 6.07) is 25.2. The minimum Gasteiger partial charge on any atom is -0.493 e. The minimum absolute atomic E-state index is 0.141. The number of rotatable bonds is 3. The van der Waals surface area contributed by atoms with Crippen LogP contribution in [0.5, 0.6) is 11.5 Å². The first kappa shape index (κ1) is 20.6. The molecule has 1 spiro atoms. The number of nitrogens with zero attached hydrogens (tertiary/aromatic N) is 2. The third-order valence-electron chi connectivity index (χ3n) is 7.42. The molecule has 2 aliphatic heterocycles. The molecule has 3 aromatic rings. The van der Waals surface area contributed by atoms with Gasteiger partial charge in [0.1, 0.15) is 0 Å². The Morgan fingerprint density at radius 2 is 1.73 bits per heavy atom. The van der Waals surface area contributed by atoms with Crippen molar-refractivity contribution in [3.8, 4) is 11.5 Å². The zero-order chi connectivity index (χ0) is 22.4. The fourth-order valence-electron chi connectivity index (χ4n) is 5.71. The lowest BCUT2D eigenvalue weighted by Crippen LogP contribution is -2.55. The first-order valence-electron chi connectivity index (χ1n) is 11.7. The molecule has 0 bridgehead atoms. The molecule has 1 atom stereocenters. The maximum Gasteiger partial charge on any atom is 0.198 e. The van der Waals surface area contributed by atoms with E-state index in [0.29, 0.717) is 5.92 Å². The second-order valence-electron chi connectivity index (χ2n) is 9.23. The highest BCUT2D eigenvalue weighted by Crippen LogP contribution is 2.55. The average Bonchev–Trinajstić information content (AvgIpc) is 3.32. The number of hydrazone groups is 1. The van der Waals surface area contributed by atoms with Crippen LogP contribution in [-0.2, 0) is 0 Å². The van der Waals surface area contributed by atoms with Crippen molar-refractivity contribution in [2.45, 2.75) is 49.8 Å². The number of ether oxygens (including phenoxy) is 2. The highest BCUT2D eigenvalue weighted by Gasteiger charge is 2.52. The van der Waals surface area contributed by atoms with Gasteiger partial charge in [-0.15, -0.1) is 0 Å². The summed E-state index contributed by atoms with van der Waals surface area (Å²) >= 11 is 6.14. The summed E-state index contributed by atoms with van der Waals surface area (Å²) in [5, 5.41) is 8.18. The Morgan fingerprint density at radius 3 is 2.45 bits per heavy atom. The van der Waals surface area contributed by atoms with Crippen molar-refractivity contribution >= 4 is 17.3 Å². The summed E-state index contributed by atoms with van der Waals surface area (Å²) in [6.07, 6.45) is 4.85. The van der Waals surface area contributed by atoms with E-state index in [-0.39, 0.29) is 6.04 Å². The second kappa shape index (κ2) is 8.11. The third kappa shape index (κ3) is 3.48. The SMILES string of the molecule is COc1cccc2c1OC1(CCC(c3ccccc3)CC1)N1N=C(c3ccc(Cl)cc3)CC21. The molecule has 2 heterocycles. The molecular weight excluding hydrogens is 432 g/mol. The summed E-state index contributed by atoms with van der Waals surface area (Å²) in [6.45, 7) is 0. The quantitative estimate of drug-likeness (QED) is 0.426. The van der Waals surface area contributed by atoms with Crippen molar-refractivity contribution < 1.29 is 9.47 Å². The van der Waals surface area contributed by atoms with Crippen LogP contribution in [0.3, 0.4) is 0 Å². The van der Waals surface area contributed by atoms with Crippen LogP contribution in [0, 0.1) is 0 Å². The Labute approximate surface area is 199 Å². The highest BCUT2D eigenvalue weighted by atomic mass is 35.5. The number of hydrogen-bond donors (Lipinski definition) is 0. The maximum absolute atomic E-state index is 6.86. The van der Waals surface area contributed by atoms with Gasteiger partial charge in [0.15, 0.2) is 17.2 Å². The molecule has 0 N–H and O–H groups in total. The molecule has 3 aromatic carbocycles. The Hall–Kier alpha value is -2.98. The monoisotopic (exact) mass is 458 g/mol. The molecule has 3 aliphatic rings. The van der Waals surface area contributed by atoms with Gasteiger partial charge < -0.3 is 9.47 Å². The van der Waals surface area contributed by atoms with Crippen molar-refractivity contribution in [1.29, 1.82) is 0 Å². The fraction of sp³-hybridized carbons (Fsp3) is 0.321. The van der Waals surface area contributed by atoms with E-state index in [0.717, 1.165) is 65.5 Å². The molecule has 0 radical (unpaired) electrons. The smallest absolute Gasteiger partial charge is 0.198 e. The van der Waals surface area contributed by atoms with Crippen molar-refractivity contribution in [1.82, 2.24) is 5.01 Å². The molecule has 1 aliphatic carbocycles. The molecule has 0 aromatic heterocycles. The minimum atomic E-state index is -0.453. The Kier molecular flexibility index (Phi) is 5.06. The predicted octanol–water partition coefficient (Wildman–Crippen LogP) is 6.95. The summed E-state index contributed by atoms with van der Waals surface area (Å²) in [4.78, 5) is 0. The molecule has 0 saturated heterocycles. The Balaban J connectivity index is 1.38. The molecular formula is C28H27ClN2O2. The number of halogens is 1. The van der Waals surface area contributed by atoms with Crippen molar-refractivity contribution in [2.24, 2.45) is 5.10 Å². The van der Waals surface area contributed by atoms with E-state index in [9.17, 15) is 0 Å². The van der Waals surface area contributed by atoms with Crippen molar-refractivity contribution in [3.63, 3.8) is 0 Å². The lowest BCUT2D eigenvalue weighted by atomic mass is 9.78. The van der Waals surface area contributed by atoms with Crippen molar-refractivity contribution in [2.75, 3.05) is 7.11 Å². The summed E-state index contributed by atoms with van der Waals surface area (Å²) in [5.74, 6) is 2.24. The number of hydrogen-bond acceptors (Lipinski definition) is 4. The molecule has 33 heavy (non-hydrogen) atoms. The zero-order valence-electron chi connectivity index (χ0n) is 18.7. The van der Waals surface area contributed by atoms with E-state index in [1.807, 2.05) is 24.3 Å². The molecule has 5 heteroatoms. The van der Waals surface area contributed by atoms with Gasteiger partial charge in [0, 0.05) is 29.8 Å². The van der Waals surface area contributed by atoms with Crippen LogP contribution in [0.2, 0.25) is 5.02 Å². The van der Waals surface area contributed by atoms with Crippen LogP contribution in [0.15, 0.2) is 77.9 Å². The van der Waals surface area contributed by atoms with Gasteiger partial charge >= 0.3 is 0 Å². The molecule has 1 unspecified atom stereocenters. The lowest BCUT2D eigenvalue weighted by molar-refractivity contribution is -0.143. The first-order valence-corrected chi connectivity index (χ1v) is 12.1. The second-order valence-corrected chi connectivity index (χ2v) is 9.67. The number of methoxy groups -OCH3 is 1. The Morgan fingerprint density at radius 1 is 0.970 bits per heavy atom. The molecule has 4 nitrogen and oxygen atoms in total. The Bertz CT molecular complexity index is 1180. The number of benzene rings is 3. The van der Waals surface area contributed by atoms with E-state index >= 15 is 0 Å². The van der Waals surface area contributed by atoms with Crippen LogP contribution in [0.25, 0.3) is 0 Å². The number of para-hydroxylation sites is 1. The summed E-state index contributed by atoms with van der Waals surface area (Å²) < 4.78 is 12.6. The number of fused-ring (bicyclic) bond motifs is 4. The van der Waals surface area contributed by atoms with Crippen LogP contribution < -0.4 is 9.47 Å². The first-order chi connectivity index (χ1) is 16.2. The zero-order valence-corrected chi connectivity index (χ0v) is 19.5. The molecule has 1 saturated carbocycles. The molecule has 1 fully saturated rings. The normalized spacial score (nSPS) is 25.8. The lowest BCUT2D eigenvalue weighted by Gasteiger charge is -2.50. The maximum atomic E-state index is 6.86. The molecule has 6 rings (SSSR count). The van der Waals surface area contributed by atoms with E-state index < -0.39 is 5.72 Å². The van der Waals surface area contributed by atoms with Gasteiger partial charge in [-0.1, -0.05) is 66.2 Å². The van der Waals surface area contributed by atoms with E-state index in [1.54, 1.807) is 7.11 Å². The fourth-order valence-corrected chi connectivity index (χ4v) is 5.83. The highest BCUT2D eigenvalue weighted by molar-refractivity contribution is 6.30. The largest absolute Gasteiger partial charge is 0.493 e. The average molecular weight is 459 g/mol. The topological polar surface area (TPSA) is 34.1 Å². The van der Waals surface area contributed by atoms with E-state index in [1.165, 1.54) is 5.56 Å². The van der Waals surface area contributed by atoms with E-state index in [2.05, 4.69) is 53.5 Å². The van der Waals surface area contributed by atoms with Gasteiger partial charge in [0.2, 0.25) is 0 Å². The van der Waals surface area contributed by atoms with Gasteiger partial charge in [-0.3, -0.25) is 0 Å². The van der Waals surface area contributed by atoms with Crippen LogP contribution in [0.1, 0.15) is 60.8 Å². The summed E-state index contributed by atoms with van der Waals surface area (Å²) in [7, 11) is 1.72. The van der Waals surface area contributed by atoms with Gasteiger partial charge in [0.05, 0.1) is 18.9 Å². The van der Waals surface area contributed by atoms with Gasteiger partial charge in [0.25, 0.3) is 0 Å². The van der Waals surface area contributed by atoms with Gasteiger partial charge in [-0.2, -0.15) is 5.10 Å². The molecule has 0 amide bonds. The van der Waals surface area contributed by atoms with Crippen LogP contribution >= 0.6 is 11.6 Å². The van der Waals surface area contributed by atoms with E-state index in [4.69, 9.17) is 26.2 Å². The van der Waals surface area contributed by atoms with Crippen LogP contribution in [0.4, 0.5) is 0 Å². The van der Waals surface area contributed by atoms with Gasteiger partial charge in [-0.05, 0) is 48.1 Å². The molecule has 168 valence electrons.